The number of carbonyl (C=O) groups is 1. The van der Waals surface area contributed by atoms with Gasteiger partial charge in [0.2, 0.25) is 0 Å². The lowest BCUT2D eigenvalue weighted by Crippen LogP contribution is -2.43. The van der Waals surface area contributed by atoms with Crippen LogP contribution in [-0.2, 0) is 10.2 Å². The molecule has 1 fully saturated rings. The van der Waals surface area contributed by atoms with Gasteiger partial charge in [0.15, 0.2) is 0 Å². The number of rotatable bonds is 5. The van der Waals surface area contributed by atoms with E-state index in [0.29, 0.717) is 12.1 Å². The Bertz CT molecular complexity index is 1030. The summed E-state index contributed by atoms with van der Waals surface area (Å²) >= 11 is 0. The van der Waals surface area contributed by atoms with E-state index in [1.54, 1.807) is 0 Å². The predicted octanol–water partition coefficient (Wildman–Crippen LogP) is 4.94. The summed E-state index contributed by atoms with van der Waals surface area (Å²) in [5, 5.41) is 5.66. The van der Waals surface area contributed by atoms with Crippen molar-refractivity contribution in [2.24, 2.45) is 0 Å². The van der Waals surface area contributed by atoms with Crippen LogP contribution in [0.3, 0.4) is 0 Å². The molecular formula is C27H32N2O2. The van der Waals surface area contributed by atoms with Crippen molar-refractivity contribution >= 4 is 16.7 Å². The molecule has 1 heterocycles. The molecule has 0 saturated carbocycles. The van der Waals surface area contributed by atoms with E-state index in [1.165, 1.54) is 21.9 Å². The number of fused-ring (bicyclic) bond motifs is 1. The van der Waals surface area contributed by atoms with E-state index in [0.717, 1.165) is 26.3 Å². The van der Waals surface area contributed by atoms with Crippen molar-refractivity contribution in [1.82, 2.24) is 10.2 Å². The second kappa shape index (κ2) is 9.21. The SMILES string of the molecule is CC(C)(C)c1ccc(C(=O)NC[C@H](c2cccc3ccccc23)N2CCOCC2)cc1. The number of hydrogen-bond donors (Lipinski definition) is 1. The van der Waals surface area contributed by atoms with Gasteiger partial charge in [-0.2, -0.15) is 0 Å². The Kier molecular flexibility index (Phi) is 6.40. The summed E-state index contributed by atoms with van der Waals surface area (Å²) in [5.41, 5.74) is 3.26. The van der Waals surface area contributed by atoms with E-state index in [2.05, 4.69) is 85.6 Å². The van der Waals surface area contributed by atoms with Crippen molar-refractivity contribution in [3.8, 4) is 0 Å². The van der Waals surface area contributed by atoms with Crippen molar-refractivity contribution in [1.29, 1.82) is 0 Å². The molecule has 4 nitrogen and oxygen atoms in total. The molecule has 1 aliphatic rings. The van der Waals surface area contributed by atoms with Crippen molar-refractivity contribution in [2.45, 2.75) is 32.2 Å². The second-order valence-electron chi connectivity index (χ2n) is 9.27. The number of ether oxygens (including phenoxy) is 1. The molecule has 1 saturated heterocycles. The van der Waals surface area contributed by atoms with E-state index in [1.807, 2.05) is 12.1 Å². The van der Waals surface area contributed by atoms with Crippen LogP contribution in [0.5, 0.6) is 0 Å². The summed E-state index contributed by atoms with van der Waals surface area (Å²) in [6.45, 7) is 10.3. The fourth-order valence-electron chi connectivity index (χ4n) is 4.28. The van der Waals surface area contributed by atoms with Gasteiger partial charge in [-0.1, -0.05) is 75.4 Å². The minimum atomic E-state index is -0.0287. The number of carbonyl (C=O) groups excluding carboxylic acids is 1. The Labute approximate surface area is 185 Å². The summed E-state index contributed by atoms with van der Waals surface area (Å²) in [6.07, 6.45) is 0. The highest BCUT2D eigenvalue weighted by molar-refractivity contribution is 5.94. The second-order valence-corrected chi connectivity index (χ2v) is 9.27. The van der Waals surface area contributed by atoms with Crippen molar-refractivity contribution in [3.63, 3.8) is 0 Å². The average molecular weight is 417 g/mol. The summed E-state index contributed by atoms with van der Waals surface area (Å²) in [7, 11) is 0. The summed E-state index contributed by atoms with van der Waals surface area (Å²) in [4.78, 5) is 15.4. The fraction of sp³-hybridized carbons (Fsp3) is 0.370. The molecule has 1 N–H and O–H groups in total. The first-order valence-electron chi connectivity index (χ1n) is 11.1. The topological polar surface area (TPSA) is 41.6 Å². The molecule has 4 heteroatoms. The standard InChI is InChI=1S/C27H32N2O2/c1-27(2,3)22-13-11-21(12-14-22)26(30)28-19-25(29-15-17-31-18-16-29)24-10-6-8-20-7-4-5-9-23(20)24/h4-14,25H,15-19H2,1-3H3,(H,28,30)/t25-/m1/s1. The Balaban J connectivity index is 1.56. The highest BCUT2D eigenvalue weighted by Gasteiger charge is 2.25. The molecule has 31 heavy (non-hydrogen) atoms. The number of nitrogens with one attached hydrogen (secondary N) is 1. The molecule has 1 atom stereocenters. The number of morpholine rings is 1. The molecule has 3 aromatic rings. The maximum Gasteiger partial charge on any atom is 0.251 e. The molecule has 0 unspecified atom stereocenters. The summed E-state index contributed by atoms with van der Waals surface area (Å²) in [6, 6.07) is 23.0. The van der Waals surface area contributed by atoms with Crippen molar-refractivity contribution in [3.05, 3.63) is 83.4 Å². The van der Waals surface area contributed by atoms with Crippen LogP contribution in [0.4, 0.5) is 0 Å². The molecule has 3 aromatic carbocycles. The normalized spacial score (nSPS) is 16.2. The predicted molar refractivity (Wildman–Crippen MR) is 127 cm³/mol. The van der Waals surface area contributed by atoms with Gasteiger partial charge < -0.3 is 10.1 Å². The van der Waals surface area contributed by atoms with Gasteiger partial charge in [-0.25, -0.2) is 0 Å². The number of amides is 1. The molecule has 1 aliphatic heterocycles. The van der Waals surface area contributed by atoms with Crippen LogP contribution in [0, 0.1) is 0 Å². The molecular weight excluding hydrogens is 384 g/mol. The molecule has 162 valence electrons. The average Bonchev–Trinajstić information content (AvgIpc) is 2.79. The van der Waals surface area contributed by atoms with Crippen LogP contribution in [-0.4, -0.2) is 43.7 Å². The lowest BCUT2D eigenvalue weighted by Gasteiger charge is -2.35. The number of hydrogen-bond acceptors (Lipinski definition) is 3. The van der Waals surface area contributed by atoms with Crippen molar-refractivity contribution in [2.75, 3.05) is 32.8 Å². The maximum atomic E-state index is 12.9. The number of nitrogens with zero attached hydrogens (tertiary/aromatic N) is 1. The Morgan fingerprint density at radius 1 is 0.968 bits per heavy atom. The van der Waals surface area contributed by atoms with Crippen LogP contribution < -0.4 is 5.32 Å². The van der Waals surface area contributed by atoms with E-state index in [-0.39, 0.29) is 17.4 Å². The zero-order valence-electron chi connectivity index (χ0n) is 18.7. The minimum Gasteiger partial charge on any atom is -0.379 e. The van der Waals surface area contributed by atoms with E-state index in [9.17, 15) is 4.79 Å². The van der Waals surface area contributed by atoms with Crippen LogP contribution in [0.15, 0.2) is 66.7 Å². The number of benzene rings is 3. The summed E-state index contributed by atoms with van der Waals surface area (Å²) < 4.78 is 5.58. The fourth-order valence-corrected chi connectivity index (χ4v) is 4.28. The Morgan fingerprint density at radius 3 is 2.35 bits per heavy atom. The Hall–Kier alpha value is -2.69. The van der Waals surface area contributed by atoms with Gasteiger partial charge in [0.05, 0.1) is 19.3 Å². The monoisotopic (exact) mass is 416 g/mol. The molecule has 0 aliphatic carbocycles. The third-order valence-corrected chi connectivity index (χ3v) is 6.14. The molecule has 1 amide bonds. The van der Waals surface area contributed by atoms with Gasteiger partial charge in [-0.05, 0) is 39.4 Å². The van der Waals surface area contributed by atoms with Gasteiger partial charge in [-0.15, -0.1) is 0 Å². The highest BCUT2D eigenvalue weighted by Crippen LogP contribution is 2.29. The third-order valence-electron chi connectivity index (χ3n) is 6.14. The first-order chi connectivity index (χ1) is 14.9. The van der Waals surface area contributed by atoms with Crippen LogP contribution >= 0.6 is 0 Å². The first-order valence-corrected chi connectivity index (χ1v) is 11.1. The maximum absolute atomic E-state index is 12.9. The molecule has 0 bridgehead atoms. The zero-order valence-corrected chi connectivity index (χ0v) is 18.7. The molecule has 0 spiro atoms. The van der Waals surface area contributed by atoms with E-state index >= 15 is 0 Å². The minimum absolute atomic E-state index is 0.0287. The van der Waals surface area contributed by atoms with E-state index in [4.69, 9.17) is 4.74 Å². The lowest BCUT2D eigenvalue weighted by atomic mass is 9.86. The van der Waals surface area contributed by atoms with Gasteiger partial charge in [0.1, 0.15) is 0 Å². The van der Waals surface area contributed by atoms with Gasteiger partial charge >= 0.3 is 0 Å². The Morgan fingerprint density at radius 2 is 1.65 bits per heavy atom. The largest absolute Gasteiger partial charge is 0.379 e. The summed E-state index contributed by atoms with van der Waals surface area (Å²) in [5.74, 6) is -0.0287. The van der Waals surface area contributed by atoms with Crippen molar-refractivity contribution < 1.29 is 9.53 Å². The van der Waals surface area contributed by atoms with Gasteiger partial charge in [0.25, 0.3) is 5.91 Å². The highest BCUT2D eigenvalue weighted by atomic mass is 16.5. The smallest absolute Gasteiger partial charge is 0.251 e. The quantitative estimate of drug-likeness (QED) is 0.640. The molecule has 4 rings (SSSR count). The van der Waals surface area contributed by atoms with Gasteiger partial charge in [-0.3, -0.25) is 9.69 Å². The van der Waals surface area contributed by atoms with Crippen LogP contribution in [0.1, 0.15) is 48.3 Å². The van der Waals surface area contributed by atoms with Crippen LogP contribution in [0.25, 0.3) is 10.8 Å². The molecule has 0 radical (unpaired) electrons. The third kappa shape index (κ3) is 4.97. The van der Waals surface area contributed by atoms with Crippen LogP contribution in [0.2, 0.25) is 0 Å². The van der Waals surface area contributed by atoms with Gasteiger partial charge in [0, 0.05) is 25.2 Å². The zero-order chi connectivity index (χ0) is 21.8. The first kappa shape index (κ1) is 21.5. The van der Waals surface area contributed by atoms with E-state index < -0.39 is 0 Å². The molecule has 0 aromatic heterocycles. The lowest BCUT2D eigenvalue weighted by molar-refractivity contribution is 0.0165.